The van der Waals surface area contributed by atoms with Gasteiger partial charge in [0, 0.05) is 12.8 Å². The molecule has 0 aliphatic carbocycles. The summed E-state index contributed by atoms with van der Waals surface area (Å²) in [5, 5.41) is 24.3. The zero-order chi connectivity index (χ0) is 24.1. The highest BCUT2D eigenvalue weighted by Crippen LogP contribution is 2.06. The van der Waals surface area contributed by atoms with Gasteiger partial charge in [-0.3, -0.25) is 28.8 Å². The second-order valence-electron chi connectivity index (χ2n) is 7.41. The van der Waals surface area contributed by atoms with Gasteiger partial charge in [0.05, 0.1) is 6.04 Å². The number of nitrogens with one attached hydrogen (secondary N) is 3. The second kappa shape index (κ2) is 13.9. The van der Waals surface area contributed by atoms with Crippen LogP contribution in [0.1, 0.15) is 46.0 Å². The highest BCUT2D eigenvalue weighted by atomic mass is 16.4. The molecule has 0 aromatic carbocycles. The van der Waals surface area contributed by atoms with Gasteiger partial charge in [-0.05, 0) is 25.2 Å². The van der Waals surface area contributed by atoms with Crippen molar-refractivity contribution < 1.29 is 39.0 Å². The monoisotopic (exact) mass is 445 g/mol. The number of aliphatic carboxylic acids is 2. The molecule has 0 saturated carbocycles. The molecule has 0 aliphatic rings. The topological polar surface area (TPSA) is 231 Å². The van der Waals surface area contributed by atoms with Crippen LogP contribution in [0.25, 0.3) is 0 Å². The first-order chi connectivity index (χ1) is 14.3. The maximum Gasteiger partial charge on any atom is 0.322 e. The number of rotatable bonds is 15. The molecule has 0 aromatic rings. The predicted molar refractivity (Wildman–Crippen MR) is 107 cm³/mol. The highest BCUT2D eigenvalue weighted by molar-refractivity contribution is 5.94. The smallest absolute Gasteiger partial charge is 0.322 e. The van der Waals surface area contributed by atoms with Gasteiger partial charge >= 0.3 is 11.9 Å². The molecule has 3 unspecified atom stereocenters. The van der Waals surface area contributed by atoms with E-state index in [2.05, 4.69) is 16.0 Å². The van der Waals surface area contributed by atoms with Crippen LogP contribution < -0.4 is 27.4 Å². The molecular weight excluding hydrogens is 414 g/mol. The molecule has 13 nitrogen and oxygen atoms in total. The Hall–Kier alpha value is -3.22. The van der Waals surface area contributed by atoms with Gasteiger partial charge in [-0.15, -0.1) is 0 Å². The SMILES string of the molecule is CC(C)CC(N)C(=O)NC(CCC(=O)O)C(=O)NC(CCC(N)=O)C(=O)NCC(=O)O. The van der Waals surface area contributed by atoms with Crippen LogP contribution in [0.2, 0.25) is 0 Å². The Kier molecular flexibility index (Phi) is 12.5. The van der Waals surface area contributed by atoms with E-state index in [4.69, 9.17) is 21.7 Å². The summed E-state index contributed by atoms with van der Waals surface area (Å²) >= 11 is 0. The van der Waals surface area contributed by atoms with Gasteiger partial charge in [0.2, 0.25) is 23.6 Å². The lowest BCUT2D eigenvalue weighted by atomic mass is 10.0. The van der Waals surface area contributed by atoms with Crippen LogP contribution in [0.15, 0.2) is 0 Å². The van der Waals surface area contributed by atoms with E-state index in [9.17, 15) is 28.8 Å². The van der Waals surface area contributed by atoms with Crippen molar-refractivity contribution >= 4 is 35.6 Å². The number of carboxylic acid groups (broad SMARTS) is 2. The summed E-state index contributed by atoms with van der Waals surface area (Å²) in [5.41, 5.74) is 10.8. The molecule has 0 fully saturated rings. The molecule has 0 heterocycles. The van der Waals surface area contributed by atoms with Gasteiger partial charge in [-0.2, -0.15) is 0 Å². The number of carbonyl (C=O) groups excluding carboxylic acids is 4. The average Bonchev–Trinajstić information content (AvgIpc) is 2.64. The van der Waals surface area contributed by atoms with Crippen molar-refractivity contribution in [2.75, 3.05) is 6.54 Å². The van der Waals surface area contributed by atoms with Gasteiger partial charge in [0.15, 0.2) is 0 Å². The Labute approximate surface area is 179 Å². The number of hydrogen-bond acceptors (Lipinski definition) is 7. The fraction of sp³-hybridized carbons (Fsp3) is 0.667. The number of carbonyl (C=O) groups is 6. The van der Waals surface area contributed by atoms with Crippen LogP contribution in [0.4, 0.5) is 0 Å². The predicted octanol–water partition coefficient (Wildman–Crippen LogP) is -2.34. The molecule has 4 amide bonds. The summed E-state index contributed by atoms with van der Waals surface area (Å²) in [7, 11) is 0. The molecule has 31 heavy (non-hydrogen) atoms. The van der Waals surface area contributed by atoms with Crippen LogP contribution in [-0.2, 0) is 28.8 Å². The van der Waals surface area contributed by atoms with Gasteiger partial charge in [-0.1, -0.05) is 13.8 Å². The quantitative estimate of drug-likeness (QED) is 0.143. The first kappa shape index (κ1) is 27.8. The minimum Gasteiger partial charge on any atom is -0.481 e. The lowest BCUT2D eigenvalue weighted by Gasteiger charge is -2.24. The number of carboxylic acids is 2. The molecular formula is C18H31N5O8. The standard InChI is InChI=1S/C18H31N5O8/c1-9(2)7-10(19)16(29)22-12(4-6-14(25)26)18(31)23-11(3-5-13(20)24)17(30)21-8-15(27)28/h9-12H,3-8,19H2,1-2H3,(H2,20,24)(H,21,30)(H,22,29)(H,23,31)(H,25,26)(H,27,28). The zero-order valence-electron chi connectivity index (χ0n) is 17.6. The van der Waals surface area contributed by atoms with Crippen LogP contribution in [0, 0.1) is 5.92 Å². The normalized spacial score (nSPS) is 13.5. The summed E-state index contributed by atoms with van der Waals surface area (Å²) < 4.78 is 0. The Morgan fingerprint density at radius 2 is 1.32 bits per heavy atom. The van der Waals surface area contributed by atoms with E-state index in [1.165, 1.54) is 0 Å². The van der Waals surface area contributed by atoms with Gasteiger partial charge in [0.25, 0.3) is 0 Å². The Balaban J connectivity index is 5.35. The van der Waals surface area contributed by atoms with Crippen molar-refractivity contribution in [3.63, 3.8) is 0 Å². The fourth-order valence-corrected chi connectivity index (χ4v) is 2.54. The first-order valence-electron chi connectivity index (χ1n) is 9.69. The number of nitrogens with two attached hydrogens (primary N) is 2. The van der Waals surface area contributed by atoms with E-state index in [1.807, 2.05) is 13.8 Å². The molecule has 176 valence electrons. The highest BCUT2D eigenvalue weighted by Gasteiger charge is 2.29. The van der Waals surface area contributed by atoms with Crippen molar-refractivity contribution in [3.05, 3.63) is 0 Å². The van der Waals surface area contributed by atoms with Gasteiger partial charge < -0.3 is 37.6 Å². The minimum atomic E-state index is -1.33. The third-order valence-electron chi connectivity index (χ3n) is 4.07. The maximum absolute atomic E-state index is 12.7. The summed E-state index contributed by atoms with van der Waals surface area (Å²) in [5.74, 6) is -5.60. The van der Waals surface area contributed by atoms with Crippen LogP contribution in [-0.4, -0.2) is 70.5 Å². The van der Waals surface area contributed by atoms with Gasteiger partial charge in [0.1, 0.15) is 18.6 Å². The van der Waals surface area contributed by atoms with E-state index in [0.29, 0.717) is 6.42 Å². The summed E-state index contributed by atoms with van der Waals surface area (Å²) in [6.45, 7) is 2.98. The molecule has 13 heteroatoms. The first-order valence-corrected chi connectivity index (χ1v) is 9.69. The zero-order valence-corrected chi connectivity index (χ0v) is 17.6. The molecule has 0 aromatic heterocycles. The van der Waals surface area contributed by atoms with Crippen molar-refractivity contribution in [1.29, 1.82) is 0 Å². The van der Waals surface area contributed by atoms with Crippen LogP contribution in [0.5, 0.6) is 0 Å². The molecule has 9 N–H and O–H groups in total. The fourth-order valence-electron chi connectivity index (χ4n) is 2.54. The van der Waals surface area contributed by atoms with Crippen molar-refractivity contribution in [2.45, 2.75) is 64.1 Å². The summed E-state index contributed by atoms with van der Waals surface area (Å²) in [4.78, 5) is 69.7. The van der Waals surface area contributed by atoms with E-state index in [0.717, 1.165) is 0 Å². The molecule has 0 spiro atoms. The molecule has 0 radical (unpaired) electrons. The third-order valence-corrected chi connectivity index (χ3v) is 4.07. The number of amides is 4. The maximum atomic E-state index is 12.7. The molecule has 0 aliphatic heterocycles. The molecule has 0 saturated heterocycles. The summed E-state index contributed by atoms with van der Waals surface area (Å²) in [6.07, 6.45) is -0.899. The molecule has 3 atom stereocenters. The van der Waals surface area contributed by atoms with Crippen LogP contribution in [0.3, 0.4) is 0 Å². The Morgan fingerprint density at radius 3 is 1.81 bits per heavy atom. The Morgan fingerprint density at radius 1 is 0.806 bits per heavy atom. The van der Waals surface area contributed by atoms with Gasteiger partial charge in [-0.25, -0.2) is 0 Å². The largest absolute Gasteiger partial charge is 0.481 e. The van der Waals surface area contributed by atoms with E-state index in [1.54, 1.807) is 0 Å². The molecule has 0 rings (SSSR count). The number of hydrogen-bond donors (Lipinski definition) is 7. The van der Waals surface area contributed by atoms with E-state index >= 15 is 0 Å². The lowest BCUT2D eigenvalue weighted by molar-refractivity contribution is -0.139. The lowest BCUT2D eigenvalue weighted by Crippen LogP contribution is -2.56. The van der Waals surface area contributed by atoms with Crippen molar-refractivity contribution in [2.24, 2.45) is 17.4 Å². The molecule has 0 bridgehead atoms. The van der Waals surface area contributed by atoms with E-state index in [-0.39, 0.29) is 25.2 Å². The summed E-state index contributed by atoms with van der Waals surface area (Å²) in [6, 6.07) is -3.57. The minimum absolute atomic E-state index is 0.100. The van der Waals surface area contributed by atoms with Crippen molar-refractivity contribution in [1.82, 2.24) is 16.0 Å². The van der Waals surface area contributed by atoms with E-state index < -0.39 is 66.7 Å². The van der Waals surface area contributed by atoms with Crippen LogP contribution >= 0.6 is 0 Å². The third kappa shape index (κ3) is 12.8. The number of primary amides is 1. The second-order valence-corrected chi connectivity index (χ2v) is 7.41. The van der Waals surface area contributed by atoms with Crippen molar-refractivity contribution in [3.8, 4) is 0 Å². The average molecular weight is 445 g/mol. The Bertz CT molecular complexity index is 682.